The third-order valence-electron chi connectivity index (χ3n) is 3.66. The van der Waals surface area contributed by atoms with Gasteiger partial charge in [-0.05, 0) is 29.8 Å². The summed E-state index contributed by atoms with van der Waals surface area (Å²) < 4.78 is 24.4. The Hall–Kier alpha value is -2.40. The van der Waals surface area contributed by atoms with E-state index in [2.05, 4.69) is 5.32 Å². The highest BCUT2D eigenvalue weighted by Crippen LogP contribution is 2.34. The summed E-state index contributed by atoms with van der Waals surface area (Å²) in [6.07, 6.45) is -0.656. The zero-order valence-corrected chi connectivity index (χ0v) is 12.1. The molecule has 5 heteroatoms. The summed E-state index contributed by atoms with van der Waals surface area (Å²) in [5.41, 5.74) is 0.666. The number of amides is 1. The van der Waals surface area contributed by atoms with Crippen LogP contribution < -0.4 is 10.1 Å². The van der Waals surface area contributed by atoms with Crippen LogP contribution in [0.25, 0.3) is 0 Å². The monoisotopic (exact) mass is 301 g/mol. The van der Waals surface area contributed by atoms with Gasteiger partial charge in [0.2, 0.25) is 0 Å². The van der Waals surface area contributed by atoms with Crippen LogP contribution in [0.1, 0.15) is 12.5 Å². The molecule has 0 aromatic heterocycles. The van der Waals surface area contributed by atoms with E-state index < -0.39 is 6.09 Å². The average Bonchev–Trinajstić information content (AvgIpc) is 2.46. The molecule has 22 heavy (non-hydrogen) atoms. The minimum absolute atomic E-state index is 0.285. The number of hydrogen-bond acceptors (Lipinski definition) is 3. The molecule has 1 aliphatic heterocycles. The van der Waals surface area contributed by atoms with Crippen LogP contribution in [0.3, 0.4) is 0 Å². The Labute approximate surface area is 127 Å². The van der Waals surface area contributed by atoms with Crippen molar-refractivity contribution in [2.24, 2.45) is 0 Å². The summed E-state index contributed by atoms with van der Waals surface area (Å²) in [6.45, 7) is 2.96. The number of nitrogens with one attached hydrogen (secondary N) is 1. The number of carbonyl (C=O) groups excluding carboxylic acids is 1. The van der Waals surface area contributed by atoms with Crippen LogP contribution >= 0.6 is 0 Å². The maximum Gasteiger partial charge on any atom is 0.417 e. The van der Waals surface area contributed by atoms with E-state index in [-0.39, 0.29) is 11.2 Å². The van der Waals surface area contributed by atoms with Crippen molar-refractivity contribution in [1.29, 1.82) is 0 Å². The Morgan fingerprint density at radius 3 is 2.55 bits per heavy atom. The van der Waals surface area contributed by atoms with Crippen molar-refractivity contribution in [2.75, 3.05) is 18.5 Å². The summed E-state index contributed by atoms with van der Waals surface area (Å²) in [6, 6.07) is 13.3. The van der Waals surface area contributed by atoms with Gasteiger partial charge >= 0.3 is 6.09 Å². The van der Waals surface area contributed by atoms with Gasteiger partial charge in [0.25, 0.3) is 0 Å². The summed E-state index contributed by atoms with van der Waals surface area (Å²) in [5.74, 6) is 0.0690. The highest BCUT2D eigenvalue weighted by Gasteiger charge is 2.37. The fourth-order valence-corrected chi connectivity index (χ4v) is 2.39. The molecule has 1 aliphatic rings. The molecular weight excluding hydrogens is 285 g/mol. The molecule has 0 unspecified atom stereocenters. The van der Waals surface area contributed by atoms with Gasteiger partial charge in [0, 0.05) is 11.1 Å². The molecule has 0 radical (unpaired) electrons. The molecule has 4 nitrogen and oxygen atoms in total. The third-order valence-corrected chi connectivity index (χ3v) is 3.66. The molecule has 3 rings (SSSR count). The summed E-state index contributed by atoms with van der Waals surface area (Å²) in [4.78, 5) is 11.8. The largest absolute Gasteiger partial charge is 0.417 e. The lowest BCUT2D eigenvalue weighted by Gasteiger charge is -2.38. The molecular formula is C17H16FNO3. The first-order valence-electron chi connectivity index (χ1n) is 6.98. The topological polar surface area (TPSA) is 47.6 Å². The van der Waals surface area contributed by atoms with Crippen molar-refractivity contribution in [3.63, 3.8) is 0 Å². The van der Waals surface area contributed by atoms with Gasteiger partial charge in [0.15, 0.2) is 0 Å². The molecule has 0 bridgehead atoms. The molecule has 2 aromatic rings. The molecule has 0 atom stereocenters. The van der Waals surface area contributed by atoms with Crippen molar-refractivity contribution in [3.8, 4) is 5.75 Å². The van der Waals surface area contributed by atoms with Crippen molar-refractivity contribution in [3.05, 3.63) is 59.9 Å². The maximum atomic E-state index is 14.2. The third kappa shape index (κ3) is 2.94. The van der Waals surface area contributed by atoms with Gasteiger partial charge in [0.1, 0.15) is 11.6 Å². The number of carbonyl (C=O) groups is 1. The van der Waals surface area contributed by atoms with Crippen molar-refractivity contribution in [2.45, 2.75) is 12.3 Å². The van der Waals surface area contributed by atoms with Gasteiger partial charge in [0.05, 0.1) is 13.2 Å². The van der Waals surface area contributed by atoms with E-state index in [1.54, 1.807) is 36.4 Å². The standard InChI is InChI=1S/C17H16FNO3/c1-17(10-21-11-17)14-8-7-12(9-15(14)18)19-16(20)22-13-5-3-2-4-6-13/h2-9H,10-11H2,1H3,(H,19,20). The number of rotatable bonds is 3. The van der Waals surface area contributed by atoms with E-state index in [9.17, 15) is 9.18 Å². The number of anilines is 1. The second-order valence-electron chi connectivity index (χ2n) is 5.58. The molecule has 1 heterocycles. The minimum Gasteiger partial charge on any atom is -0.410 e. The predicted molar refractivity (Wildman–Crippen MR) is 80.7 cm³/mol. The Morgan fingerprint density at radius 1 is 1.23 bits per heavy atom. The lowest BCUT2D eigenvalue weighted by molar-refractivity contribution is -0.0515. The molecule has 1 saturated heterocycles. The Balaban J connectivity index is 1.68. The lowest BCUT2D eigenvalue weighted by Crippen LogP contribution is -2.44. The maximum absolute atomic E-state index is 14.2. The SMILES string of the molecule is CC1(c2ccc(NC(=O)Oc3ccccc3)cc2F)COC1. The van der Waals surface area contributed by atoms with Crippen LogP contribution in [0.15, 0.2) is 48.5 Å². The van der Waals surface area contributed by atoms with E-state index in [4.69, 9.17) is 9.47 Å². The molecule has 0 aliphatic carbocycles. The summed E-state index contributed by atoms with van der Waals surface area (Å²) >= 11 is 0. The highest BCUT2D eigenvalue weighted by atomic mass is 19.1. The van der Waals surface area contributed by atoms with E-state index in [1.807, 2.05) is 13.0 Å². The lowest BCUT2D eigenvalue weighted by atomic mass is 9.80. The fourth-order valence-electron chi connectivity index (χ4n) is 2.39. The van der Waals surface area contributed by atoms with E-state index in [0.717, 1.165) is 0 Å². The quantitative estimate of drug-likeness (QED) is 0.939. The van der Waals surface area contributed by atoms with E-state index >= 15 is 0 Å². The van der Waals surface area contributed by atoms with Crippen LogP contribution in [0.2, 0.25) is 0 Å². The Kier molecular flexibility index (Phi) is 3.81. The zero-order valence-electron chi connectivity index (χ0n) is 12.1. The average molecular weight is 301 g/mol. The second kappa shape index (κ2) is 5.77. The molecule has 1 N–H and O–H groups in total. The number of ether oxygens (including phenoxy) is 2. The molecule has 2 aromatic carbocycles. The zero-order chi connectivity index (χ0) is 15.6. The van der Waals surface area contributed by atoms with Crippen LogP contribution in [-0.2, 0) is 10.2 Å². The number of halogens is 1. The molecule has 0 saturated carbocycles. The highest BCUT2D eigenvalue weighted by molar-refractivity contribution is 5.86. The first-order valence-corrected chi connectivity index (χ1v) is 6.98. The first-order chi connectivity index (χ1) is 10.6. The first kappa shape index (κ1) is 14.5. The van der Waals surface area contributed by atoms with Crippen LogP contribution in [-0.4, -0.2) is 19.3 Å². The Bertz CT molecular complexity index is 684. The van der Waals surface area contributed by atoms with Gasteiger partial charge in [-0.1, -0.05) is 31.2 Å². The van der Waals surface area contributed by atoms with Crippen LogP contribution in [0.4, 0.5) is 14.9 Å². The van der Waals surface area contributed by atoms with E-state index in [1.165, 1.54) is 6.07 Å². The summed E-state index contributed by atoms with van der Waals surface area (Å²) in [5, 5.41) is 2.51. The molecule has 0 spiro atoms. The van der Waals surface area contributed by atoms with Crippen molar-refractivity contribution < 1.29 is 18.7 Å². The van der Waals surface area contributed by atoms with Gasteiger partial charge in [-0.2, -0.15) is 0 Å². The van der Waals surface area contributed by atoms with Gasteiger partial charge in [-0.15, -0.1) is 0 Å². The normalized spacial score (nSPS) is 15.7. The fraction of sp³-hybridized carbons (Fsp3) is 0.235. The van der Waals surface area contributed by atoms with Crippen LogP contribution in [0, 0.1) is 5.82 Å². The minimum atomic E-state index is -0.656. The number of benzene rings is 2. The number of para-hydroxylation sites is 1. The molecule has 114 valence electrons. The summed E-state index contributed by atoms with van der Waals surface area (Å²) in [7, 11) is 0. The van der Waals surface area contributed by atoms with Crippen molar-refractivity contribution >= 4 is 11.8 Å². The Morgan fingerprint density at radius 2 is 1.95 bits per heavy atom. The second-order valence-corrected chi connectivity index (χ2v) is 5.58. The van der Waals surface area contributed by atoms with Gasteiger partial charge in [-0.3, -0.25) is 5.32 Å². The predicted octanol–water partition coefficient (Wildman–Crippen LogP) is 3.72. The van der Waals surface area contributed by atoms with Gasteiger partial charge in [-0.25, -0.2) is 9.18 Å². The van der Waals surface area contributed by atoms with E-state index in [0.29, 0.717) is 30.2 Å². The smallest absolute Gasteiger partial charge is 0.410 e. The number of hydrogen-bond donors (Lipinski definition) is 1. The van der Waals surface area contributed by atoms with Crippen LogP contribution in [0.5, 0.6) is 5.75 Å². The molecule has 1 amide bonds. The van der Waals surface area contributed by atoms with Gasteiger partial charge < -0.3 is 9.47 Å². The van der Waals surface area contributed by atoms with Crippen molar-refractivity contribution in [1.82, 2.24) is 0 Å². The molecule has 1 fully saturated rings.